The summed E-state index contributed by atoms with van der Waals surface area (Å²) in [6, 6.07) is 5.76. The topological polar surface area (TPSA) is 54.6 Å². The van der Waals surface area contributed by atoms with Gasteiger partial charge in [0, 0.05) is 22.5 Å². The highest BCUT2D eigenvalue weighted by atomic mass is 35.5. The van der Waals surface area contributed by atoms with E-state index in [1.807, 2.05) is 42.6 Å². The number of halogens is 1. The number of benzene rings is 1. The molecule has 3 aromatic rings. The standard InChI is InChI=1S/C15H13ClN2O2S/c1-3-12-13(14(19)20)21-15-17-11(7-18(12)15)9-4-5-10(16)8(2)6-9/h4-7H,3H2,1-2H3,(H,19,20). The molecule has 0 bridgehead atoms. The maximum Gasteiger partial charge on any atom is 0.347 e. The molecule has 4 nitrogen and oxygen atoms in total. The molecule has 0 fully saturated rings. The first-order valence-corrected chi connectivity index (χ1v) is 7.71. The molecule has 0 saturated carbocycles. The molecule has 1 N–H and O–H groups in total. The number of imidazole rings is 1. The summed E-state index contributed by atoms with van der Waals surface area (Å²) in [6.45, 7) is 3.89. The molecule has 3 rings (SSSR count). The summed E-state index contributed by atoms with van der Waals surface area (Å²) >= 11 is 7.25. The number of thiazole rings is 1. The van der Waals surface area contributed by atoms with Crippen LogP contribution in [0.15, 0.2) is 24.4 Å². The van der Waals surface area contributed by atoms with Crippen molar-refractivity contribution in [1.82, 2.24) is 9.38 Å². The van der Waals surface area contributed by atoms with Crippen molar-refractivity contribution in [1.29, 1.82) is 0 Å². The van der Waals surface area contributed by atoms with Crippen molar-refractivity contribution in [2.75, 3.05) is 0 Å². The fourth-order valence-corrected chi connectivity index (χ4v) is 3.48. The van der Waals surface area contributed by atoms with Gasteiger partial charge < -0.3 is 5.11 Å². The smallest absolute Gasteiger partial charge is 0.347 e. The molecule has 0 aliphatic heterocycles. The number of aryl methyl sites for hydroxylation is 2. The molecule has 21 heavy (non-hydrogen) atoms. The molecule has 1 aromatic carbocycles. The van der Waals surface area contributed by atoms with E-state index >= 15 is 0 Å². The predicted octanol–water partition coefficient (Wildman–Crippen LogP) is 4.29. The summed E-state index contributed by atoms with van der Waals surface area (Å²) < 4.78 is 1.87. The van der Waals surface area contributed by atoms with E-state index in [0.717, 1.165) is 27.5 Å². The number of aromatic nitrogens is 2. The van der Waals surface area contributed by atoms with Crippen molar-refractivity contribution in [3.63, 3.8) is 0 Å². The van der Waals surface area contributed by atoms with Gasteiger partial charge in [0.1, 0.15) is 4.88 Å². The Morgan fingerprint density at radius 3 is 2.86 bits per heavy atom. The molecule has 0 saturated heterocycles. The first-order valence-electron chi connectivity index (χ1n) is 6.51. The van der Waals surface area contributed by atoms with Gasteiger partial charge >= 0.3 is 5.97 Å². The quantitative estimate of drug-likeness (QED) is 0.783. The molecule has 0 atom stereocenters. The molecule has 0 aliphatic rings. The Morgan fingerprint density at radius 2 is 2.24 bits per heavy atom. The van der Waals surface area contributed by atoms with Gasteiger partial charge in [0.25, 0.3) is 0 Å². The summed E-state index contributed by atoms with van der Waals surface area (Å²) in [5.74, 6) is -0.897. The van der Waals surface area contributed by atoms with Crippen LogP contribution in [0.5, 0.6) is 0 Å². The Balaban J connectivity index is 2.15. The van der Waals surface area contributed by atoms with Gasteiger partial charge in [-0.3, -0.25) is 4.40 Å². The normalized spacial score (nSPS) is 11.2. The van der Waals surface area contributed by atoms with E-state index in [1.54, 1.807) is 0 Å². The van der Waals surface area contributed by atoms with Crippen molar-refractivity contribution < 1.29 is 9.90 Å². The Kier molecular flexibility index (Phi) is 3.47. The molecule has 108 valence electrons. The second-order valence-electron chi connectivity index (χ2n) is 4.78. The lowest BCUT2D eigenvalue weighted by Crippen LogP contribution is -1.99. The van der Waals surface area contributed by atoms with Gasteiger partial charge in [-0.25, -0.2) is 9.78 Å². The largest absolute Gasteiger partial charge is 0.477 e. The second-order valence-corrected chi connectivity index (χ2v) is 6.16. The van der Waals surface area contributed by atoms with Crippen LogP contribution in [-0.4, -0.2) is 20.5 Å². The number of fused-ring (bicyclic) bond motifs is 1. The molecule has 0 amide bonds. The molecular formula is C15H13ClN2O2S. The van der Waals surface area contributed by atoms with Gasteiger partial charge in [-0.15, -0.1) is 0 Å². The summed E-state index contributed by atoms with van der Waals surface area (Å²) in [6.07, 6.45) is 2.54. The maximum absolute atomic E-state index is 11.2. The highest BCUT2D eigenvalue weighted by molar-refractivity contribution is 7.19. The Hall–Kier alpha value is -1.85. The van der Waals surface area contributed by atoms with Crippen LogP contribution in [0.1, 0.15) is 27.9 Å². The van der Waals surface area contributed by atoms with Crippen LogP contribution in [0.2, 0.25) is 5.02 Å². The van der Waals surface area contributed by atoms with Gasteiger partial charge in [0.2, 0.25) is 0 Å². The van der Waals surface area contributed by atoms with Crippen LogP contribution in [0, 0.1) is 6.92 Å². The van der Waals surface area contributed by atoms with E-state index in [1.165, 1.54) is 11.3 Å². The van der Waals surface area contributed by atoms with Crippen molar-refractivity contribution >= 4 is 33.9 Å². The number of aromatic carboxylic acids is 1. The molecule has 6 heteroatoms. The number of hydrogen-bond acceptors (Lipinski definition) is 3. The molecule has 0 aliphatic carbocycles. The van der Waals surface area contributed by atoms with Crippen molar-refractivity contribution in [3.8, 4) is 11.3 Å². The van der Waals surface area contributed by atoms with Crippen molar-refractivity contribution in [3.05, 3.63) is 45.6 Å². The number of carboxylic acid groups (broad SMARTS) is 1. The monoisotopic (exact) mass is 320 g/mol. The van der Waals surface area contributed by atoms with E-state index in [2.05, 4.69) is 4.98 Å². The fraction of sp³-hybridized carbons (Fsp3) is 0.200. The lowest BCUT2D eigenvalue weighted by molar-refractivity contribution is 0.0700. The molecule has 0 spiro atoms. The lowest BCUT2D eigenvalue weighted by atomic mass is 10.1. The van der Waals surface area contributed by atoms with Crippen LogP contribution in [0.3, 0.4) is 0 Å². The number of hydrogen-bond donors (Lipinski definition) is 1. The Labute approximate surface area is 130 Å². The first kappa shape index (κ1) is 14.1. The van der Waals surface area contributed by atoms with Crippen LogP contribution in [0.25, 0.3) is 16.2 Å². The number of rotatable bonds is 3. The van der Waals surface area contributed by atoms with Gasteiger partial charge in [-0.05, 0) is 31.0 Å². The van der Waals surface area contributed by atoms with E-state index in [0.29, 0.717) is 16.3 Å². The van der Waals surface area contributed by atoms with Crippen LogP contribution in [0.4, 0.5) is 0 Å². The van der Waals surface area contributed by atoms with Gasteiger partial charge in [0.15, 0.2) is 4.96 Å². The minimum absolute atomic E-state index is 0.360. The summed E-state index contributed by atoms with van der Waals surface area (Å²) in [5.41, 5.74) is 3.58. The van der Waals surface area contributed by atoms with Gasteiger partial charge in [-0.2, -0.15) is 0 Å². The average molecular weight is 321 g/mol. The highest BCUT2D eigenvalue weighted by Gasteiger charge is 2.18. The van der Waals surface area contributed by atoms with E-state index in [4.69, 9.17) is 11.6 Å². The lowest BCUT2D eigenvalue weighted by Gasteiger charge is -2.01. The Bertz CT molecular complexity index is 851. The van der Waals surface area contributed by atoms with Crippen molar-refractivity contribution in [2.24, 2.45) is 0 Å². The maximum atomic E-state index is 11.2. The number of carboxylic acids is 1. The summed E-state index contributed by atoms with van der Waals surface area (Å²) in [4.78, 5) is 16.8. The highest BCUT2D eigenvalue weighted by Crippen LogP contribution is 2.29. The van der Waals surface area contributed by atoms with Gasteiger partial charge in [0.05, 0.1) is 5.69 Å². The third-order valence-corrected chi connectivity index (χ3v) is 4.91. The zero-order chi connectivity index (χ0) is 15.1. The summed E-state index contributed by atoms with van der Waals surface area (Å²) in [5, 5.41) is 9.95. The molecule has 0 unspecified atom stereocenters. The van der Waals surface area contributed by atoms with Crippen LogP contribution >= 0.6 is 22.9 Å². The SMILES string of the molecule is CCc1c(C(=O)O)sc2nc(-c3ccc(Cl)c(C)c3)cn12. The zero-order valence-corrected chi connectivity index (χ0v) is 13.1. The van der Waals surface area contributed by atoms with Crippen LogP contribution < -0.4 is 0 Å². The number of carbonyl (C=O) groups is 1. The predicted molar refractivity (Wildman–Crippen MR) is 84.6 cm³/mol. The van der Waals surface area contributed by atoms with E-state index in [9.17, 15) is 9.90 Å². The fourth-order valence-electron chi connectivity index (χ4n) is 2.33. The average Bonchev–Trinajstić information content (AvgIpc) is 2.98. The number of nitrogens with zero attached hydrogens (tertiary/aromatic N) is 2. The third-order valence-electron chi connectivity index (χ3n) is 3.40. The minimum atomic E-state index is -0.897. The van der Waals surface area contributed by atoms with Gasteiger partial charge in [-0.1, -0.05) is 35.9 Å². The molecule has 0 radical (unpaired) electrons. The third kappa shape index (κ3) is 2.32. The molecule has 2 aromatic heterocycles. The first-order chi connectivity index (χ1) is 10.0. The van der Waals surface area contributed by atoms with Crippen molar-refractivity contribution in [2.45, 2.75) is 20.3 Å². The Morgan fingerprint density at radius 1 is 1.48 bits per heavy atom. The van der Waals surface area contributed by atoms with Crippen LogP contribution in [-0.2, 0) is 6.42 Å². The summed E-state index contributed by atoms with van der Waals surface area (Å²) in [7, 11) is 0. The molecule has 2 heterocycles. The van der Waals surface area contributed by atoms with E-state index in [-0.39, 0.29) is 0 Å². The second kappa shape index (κ2) is 5.16. The minimum Gasteiger partial charge on any atom is -0.477 e. The van der Waals surface area contributed by atoms with E-state index < -0.39 is 5.97 Å². The molecular weight excluding hydrogens is 308 g/mol. The zero-order valence-electron chi connectivity index (χ0n) is 11.6.